The summed E-state index contributed by atoms with van der Waals surface area (Å²) in [5, 5.41) is 27.0. The standard InChI is InChI=1S/C34H36N4O9/c1-2-16-43-32(41)27(36-34(42)46-19-26-24-14-8-6-12-22(24)23-13-7-9-15-25(23)26)20-45-33-29(37-38-35)31(30(40)28(17-39)47-33)44-18-21-10-4-3-5-11-21/h2-15,26-31,33,39-40H,1,16-20H2,(H,36,42)/t27-,28+,29+,30-,31+,33-/m0/s1. The molecule has 1 aliphatic carbocycles. The number of carbonyl (C=O) groups excluding carboxylic acids is 2. The number of ether oxygens (including phenoxy) is 5. The first-order chi connectivity index (χ1) is 22.9. The molecule has 1 fully saturated rings. The highest BCUT2D eigenvalue weighted by atomic mass is 16.7. The molecule has 3 aromatic rings. The number of esters is 1. The number of nitrogens with zero attached hydrogens (tertiary/aromatic N) is 3. The Morgan fingerprint density at radius 1 is 1.00 bits per heavy atom. The van der Waals surface area contributed by atoms with E-state index >= 15 is 0 Å². The van der Waals surface area contributed by atoms with E-state index < -0.39 is 62.0 Å². The van der Waals surface area contributed by atoms with Crippen molar-refractivity contribution in [1.82, 2.24) is 5.32 Å². The number of hydrogen-bond acceptors (Lipinski definition) is 10. The first-order valence-corrected chi connectivity index (χ1v) is 15.1. The Morgan fingerprint density at radius 3 is 2.30 bits per heavy atom. The molecule has 5 rings (SSSR count). The zero-order valence-corrected chi connectivity index (χ0v) is 25.5. The predicted octanol–water partition coefficient (Wildman–Crippen LogP) is 3.98. The van der Waals surface area contributed by atoms with E-state index in [-0.39, 0.29) is 25.7 Å². The molecule has 6 atom stereocenters. The van der Waals surface area contributed by atoms with Gasteiger partial charge in [0.05, 0.1) is 25.9 Å². The molecule has 246 valence electrons. The van der Waals surface area contributed by atoms with Crippen LogP contribution in [0.4, 0.5) is 4.79 Å². The smallest absolute Gasteiger partial charge is 0.407 e. The van der Waals surface area contributed by atoms with Crippen LogP contribution in [0.2, 0.25) is 0 Å². The molecule has 2 aliphatic rings. The zero-order valence-electron chi connectivity index (χ0n) is 25.5. The van der Waals surface area contributed by atoms with Crippen LogP contribution in [-0.2, 0) is 35.1 Å². The minimum absolute atomic E-state index is 0.0103. The lowest BCUT2D eigenvalue weighted by atomic mass is 9.97. The number of azide groups is 1. The summed E-state index contributed by atoms with van der Waals surface area (Å²) in [7, 11) is 0. The lowest BCUT2D eigenvalue weighted by Crippen LogP contribution is -2.60. The first-order valence-electron chi connectivity index (χ1n) is 15.1. The van der Waals surface area contributed by atoms with E-state index in [1.165, 1.54) is 6.08 Å². The van der Waals surface area contributed by atoms with Crippen LogP contribution in [0.1, 0.15) is 22.6 Å². The summed E-state index contributed by atoms with van der Waals surface area (Å²) >= 11 is 0. The Balaban J connectivity index is 1.27. The number of fused-ring (bicyclic) bond motifs is 3. The lowest BCUT2D eigenvalue weighted by Gasteiger charge is -2.42. The number of amides is 1. The Labute approximate surface area is 271 Å². The second kappa shape index (κ2) is 16.2. The third kappa shape index (κ3) is 7.98. The molecule has 1 aliphatic heterocycles. The lowest BCUT2D eigenvalue weighted by molar-refractivity contribution is -0.274. The largest absolute Gasteiger partial charge is 0.460 e. The highest BCUT2D eigenvalue weighted by Crippen LogP contribution is 2.44. The van der Waals surface area contributed by atoms with E-state index in [0.717, 1.165) is 27.8 Å². The summed E-state index contributed by atoms with van der Waals surface area (Å²) in [4.78, 5) is 28.9. The molecular formula is C34H36N4O9. The van der Waals surface area contributed by atoms with Gasteiger partial charge in [-0.2, -0.15) is 0 Å². The van der Waals surface area contributed by atoms with Gasteiger partial charge in [0.2, 0.25) is 0 Å². The molecule has 1 amide bonds. The Kier molecular flexibility index (Phi) is 11.6. The number of aliphatic hydroxyl groups excluding tert-OH is 2. The highest BCUT2D eigenvalue weighted by Gasteiger charge is 2.46. The van der Waals surface area contributed by atoms with Gasteiger partial charge in [-0.1, -0.05) is 96.6 Å². The van der Waals surface area contributed by atoms with Gasteiger partial charge in [-0.15, -0.1) is 0 Å². The van der Waals surface area contributed by atoms with E-state index in [1.807, 2.05) is 78.9 Å². The molecule has 0 bridgehead atoms. The van der Waals surface area contributed by atoms with Crippen molar-refractivity contribution in [3.63, 3.8) is 0 Å². The number of aliphatic hydroxyl groups is 2. The Hall–Kier alpha value is -4.75. The number of alkyl carbamates (subject to hydrolysis) is 1. The van der Waals surface area contributed by atoms with Crippen LogP contribution in [0, 0.1) is 0 Å². The fourth-order valence-corrected chi connectivity index (χ4v) is 5.72. The molecule has 0 aromatic heterocycles. The maximum absolute atomic E-state index is 13.0. The van der Waals surface area contributed by atoms with Crippen molar-refractivity contribution in [1.29, 1.82) is 0 Å². The van der Waals surface area contributed by atoms with Crippen LogP contribution < -0.4 is 5.32 Å². The summed E-state index contributed by atoms with van der Waals surface area (Å²) in [6.07, 6.45) is -4.56. The summed E-state index contributed by atoms with van der Waals surface area (Å²) in [6.45, 7) is 2.38. The van der Waals surface area contributed by atoms with Gasteiger partial charge in [0.25, 0.3) is 0 Å². The van der Waals surface area contributed by atoms with E-state index in [4.69, 9.17) is 23.7 Å². The topological polar surface area (TPSA) is 182 Å². The average molecular weight is 645 g/mol. The highest BCUT2D eigenvalue weighted by molar-refractivity contribution is 5.82. The van der Waals surface area contributed by atoms with Gasteiger partial charge in [-0.3, -0.25) is 0 Å². The van der Waals surface area contributed by atoms with Gasteiger partial charge in [0.15, 0.2) is 12.3 Å². The average Bonchev–Trinajstić information content (AvgIpc) is 3.42. The van der Waals surface area contributed by atoms with Gasteiger partial charge < -0.3 is 39.2 Å². The second-order valence-electron chi connectivity index (χ2n) is 10.9. The molecule has 3 N–H and O–H groups in total. The third-order valence-electron chi connectivity index (χ3n) is 7.98. The van der Waals surface area contributed by atoms with Crippen LogP contribution in [-0.4, -0.2) is 85.4 Å². The van der Waals surface area contributed by atoms with E-state index in [1.54, 1.807) is 0 Å². The maximum Gasteiger partial charge on any atom is 0.407 e. The summed E-state index contributed by atoms with van der Waals surface area (Å²) < 4.78 is 28.3. The van der Waals surface area contributed by atoms with Crippen molar-refractivity contribution in [3.8, 4) is 11.1 Å². The van der Waals surface area contributed by atoms with Crippen molar-refractivity contribution < 1.29 is 43.5 Å². The molecule has 13 nitrogen and oxygen atoms in total. The van der Waals surface area contributed by atoms with Crippen molar-refractivity contribution in [2.45, 2.75) is 49.2 Å². The van der Waals surface area contributed by atoms with E-state index in [2.05, 4.69) is 21.9 Å². The predicted molar refractivity (Wildman–Crippen MR) is 169 cm³/mol. The van der Waals surface area contributed by atoms with Crippen molar-refractivity contribution in [3.05, 3.63) is 119 Å². The molecule has 1 heterocycles. The SMILES string of the molecule is C=CCOC(=O)[C@H](CO[C@H]1O[C@H](CO)[C@H](O)[C@H](OCc2ccccc2)[C@H]1N=[N+]=[N-])NC(=O)OCC1c2ccccc2-c2ccccc21. The van der Waals surface area contributed by atoms with Gasteiger partial charge in [-0.05, 0) is 33.3 Å². The first kappa shape index (κ1) is 33.6. The number of benzene rings is 3. The van der Waals surface area contributed by atoms with Crippen molar-refractivity contribution >= 4 is 12.1 Å². The van der Waals surface area contributed by atoms with Crippen LogP contribution in [0.25, 0.3) is 21.6 Å². The number of nitrogens with one attached hydrogen (secondary N) is 1. The molecule has 0 spiro atoms. The second-order valence-corrected chi connectivity index (χ2v) is 10.9. The van der Waals surface area contributed by atoms with Gasteiger partial charge in [-0.25, -0.2) is 9.59 Å². The molecule has 13 heteroatoms. The fourth-order valence-electron chi connectivity index (χ4n) is 5.72. The van der Waals surface area contributed by atoms with E-state index in [9.17, 15) is 25.3 Å². The normalized spacial score (nSPS) is 22.2. The quantitative estimate of drug-likeness (QED) is 0.0769. The zero-order chi connectivity index (χ0) is 33.2. The minimum Gasteiger partial charge on any atom is -0.460 e. The monoisotopic (exact) mass is 644 g/mol. The van der Waals surface area contributed by atoms with Crippen LogP contribution in [0.3, 0.4) is 0 Å². The molecule has 0 saturated carbocycles. The molecule has 0 unspecified atom stereocenters. The molecule has 47 heavy (non-hydrogen) atoms. The van der Waals surface area contributed by atoms with Gasteiger partial charge in [0, 0.05) is 10.8 Å². The van der Waals surface area contributed by atoms with E-state index in [0.29, 0.717) is 0 Å². The minimum atomic E-state index is -1.37. The molecular weight excluding hydrogens is 608 g/mol. The molecule has 3 aromatic carbocycles. The molecule has 0 radical (unpaired) electrons. The van der Waals surface area contributed by atoms with Gasteiger partial charge in [0.1, 0.15) is 31.5 Å². The fraction of sp³-hybridized carbons (Fsp3) is 0.353. The summed E-state index contributed by atoms with van der Waals surface area (Å²) in [6, 6.07) is 22.3. The Morgan fingerprint density at radius 2 is 1.66 bits per heavy atom. The number of rotatable bonds is 14. The third-order valence-corrected chi connectivity index (χ3v) is 7.98. The summed E-state index contributed by atoms with van der Waals surface area (Å²) in [5.74, 6) is -1.05. The van der Waals surface area contributed by atoms with Gasteiger partial charge >= 0.3 is 12.1 Å². The van der Waals surface area contributed by atoms with Crippen LogP contribution in [0.15, 0.2) is 96.6 Å². The van der Waals surface area contributed by atoms with Crippen molar-refractivity contribution in [2.75, 3.05) is 26.4 Å². The van der Waals surface area contributed by atoms with Crippen molar-refractivity contribution in [2.24, 2.45) is 5.11 Å². The Bertz CT molecular complexity index is 1540. The van der Waals surface area contributed by atoms with Crippen LogP contribution >= 0.6 is 0 Å². The van der Waals surface area contributed by atoms with Crippen LogP contribution in [0.5, 0.6) is 0 Å². The molecule has 1 saturated heterocycles. The number of hydrogen-bond donors (Lipinski definition) is 3. The maximum atomic E-state index is 13.0. The number of carbonyl (C=O) groups is 2. The summed E-state index contributed by atoms with van der Waals surface area (Å²) in [5.41, 5.74) is 14.3.